The summed E-state index contributed by atoms with van der Waals surface area (Å²) in [4.78, 5) is 10.2. The van der Waals surface area contributed by atoms with Gasteiger partial charge in [0.1, 0.15) is 5.78 Å². The molecular formula is C9H20O2. The lowest BCUT2D eigenvalue weighted by Crippen LogP contribution is -1.86. The number of hydrogen-bond donors (Lipinski definition) is 1. The van der Waals surface area contributed by atoms with Crippen molar-refractivity contribution in [1.29, 1.82) is 0 Å². The minimum Gasteiger partial charge on any atom is -0.394 e. The molecule has 0 fully saturated rings. The average molecular weight is 160 g/mol. The molecule has 0 unspecified atom stereocenters. The molecule has 0 atom stereocenters. The maximum absolute atomic E-state index is 10.2. The van der Waals surface area contributed by atoms with E-state index >= 15 is 0 Å². The van der Waals surface area contributed by atoms with E-state index in [0.717, 1.165) is 19.3 Å². The van der Waals surface area contributed by atoms with E-state index in [1.807, 2.05) is 0 Å². The standard InChI is InChI=1S/C6H12O.C3H8O/c1-3-4-5-6(2)7;1-3(2)4/h3-5H2,1-2H3;3-4H,1-2H3. The highest BCUT2D eigenvalue weighted by Gasteiger charge is 1.87. The third kappa shape index (κ3) is 42.5. The SMILES string of the molecule is CC(C)O.CCCCC(C)=O. The fourth-order valence-corrected chi connectivity index (χ4v) is 0.426. The number of aliphatic hydroxyl groups excluding tert-OH is 1. The van der Waals surface area contributed by atoms with Gasteiger partial charge in [-0.2, -0.15) is 0 Å². The van der Waals surface area contributed by atoms with Crippen molar-refractivity contribution in [3.63, 3.8) is 0 Å². The molecule has 0 aliphatic heterocycles. The number of rotatable bonds is 3. The second-order valence-electron chi connectivity index (χ2n) is 2.90. The van der Waals surface area contributed by atoms with Crippen molar-refractivity contribution in [2.24, 2.45) is 0 Å². The Labute approximate surface area is 69.6 Å². The summed E-state index contributed by atoms with van der Waals surface area (Å²) in [6.07, 6.45) is 2.77. The second kappa shape index (κ2) is 9.63. The van der Waals surface area contributed by atoms with Gasteiger partial charge in [-0.15, -0.1) is 0 Å². The van der Waals surface area contributed by atoms with Crippen LogP contribution in [0.2, 0.25) is 0 Å². The summed E-state index contributed by atoms with van der Waals surface area (Å²) in [6.45, 7) is 7.17. The molecule has 68 valence electrons. The van der Waals surface area contributed by atoms with Crippen LogP contribution in [0.5, 0.6) is 0 Å². The van der Waals surface area contributed by atoms with E-state index in [4.69, 9.17) is 5.11 Å². The maximum atomic E-state index is 10.2. The first-order chi connectivity index (χ1) is 5.00. The van der Waals surface area contributed by atoms with Gasteiger partial charge in [-0.05, 0) is 27.2 Å². The van der Waals surface area contributed by atoms with Crippen LogP contribution in [0.15, 0.2) is 0 Å². The molecule has 0 aliphatic rings. The minimum absolute atomic E-state index is 0.167. The van der Waals surface area contributed by atoms with Crippen LogP contribution in [0, 0.1) is 0 Å². The molecular weight excluding hydrogens is 140 g/mol. The number of carbonyl (C=O) groups excluding carboxylic acids is 1. The summed E-state index contributed by atoms with van der Waals surface area (Å²) in [5.41, 5.74) is 0. The molecule has 0 aromatic heterocycles. The van der Waals surface area contributed by atoms with Gasteiger partial charge in [-0.3, -0.25) is 0 Å². The minimum atomic E-state index is -0.167. The zero-order chi connectivity index (χ0) is 9.28. The van der Waals surface area contributed by atoms with Crippen LogP contribution >= 0.6 is 0 Å². The number of unbranched alkanes of at least 4 members (excludes halogenated alkanes) is 1. The topological polar surface area (TPSA) is 37.3 Å². The van der Waals surface area contributed by atoms with E-state index in [-0.39, 0.29) is 6.10 Å². The van der Waals surface area contributed by atoms with Gasteiger partial charge in [0.2, 0.25) is 0 Å². The largest absolute Gasteiger partial charge is 0.394 e. The summed E-state index contributed by atoms with van der Waals surface area (Å²) in [5, 5.41) is 8.06. The molecule has 0 aromatic carbocycles. The van der Waals surface area contributed by atoms with E-state index in [1.54, 1.807) is 20.8 Å². The summed E-state index contributed by atoms with van der Waals surface area (Å²) < 4.78 is 0. The fourth-order valence-electron chi connectivity index (χ4n) is 0.426. The molecule has 0 amide bonds. The van der Waals surface area contributed by atoms with E-state index < -0.39 is 0 Å². The molecule has 0 spiro atoms. The van der Waals surface area contributed by atoms with Crippen LogP contribution in [-0.4, -0.2) is 17.0 Å². The molecule has 0 radical (unpaired) electrons. The van der Waals surface area contributed by atoms with E-state index in [2.05, 4.69) is 6.92 Å². The van der Waals surface area contributed by atoms with E-state index in [9.17, 15) is 4.79 Å². The molecule has 2 heteroatoms. The first-order valence-electron chi connectivity index (χ1n) is 4.18. The quantitative estimate of drug-likeness (QED) is 0.687. The Morgan fingerprint density at radius 3 is 1.91 bits per heavy atom. The lowest BCUT2D eigenvalue weighted by Gasteiger charge is -1.86. The third-order valence-corrected chi connectivity index (χ3v) is 0.882. The second-order valence-corrected chi connectivity index (χ2v) is 2.90. The highest BCUT2D eigenvalue weighted by atomic mass is 16.3. The van der Waals surface area contributed by atoms with Crippen LogP contribution in [0.3, 0.4) is 0 Å². The van der Waals surface area contributed by atoms with Gasteiger partial charge in [0.25, 0.3) is 0 Å². The van der Waals surface area contributed by atoms with Crippen LogP contribution in [0.1, 0.15) is 47.0 Å². The Morgan fingerprint density at radius 2 is 1.82 bits per heavy atom. The van der Waals surface area contributed by atoms with Gasteiger partial charge < -0.3 is 9.90 Å². The van der Waals surface area contributed by atoms with Crippen molar-refractivity contribution in [2.45, 2.75) is 53.1 Å². The normalized spacial score (nSPS) is 8.91. The molecule has 0 aliphatic carbocycles. The van der Waals surface area contributed by atoms with Gasteiger partial charge in [-0.1, -0.05) is 13.3 Å². The van der Waals surface area contributed by atoms with Gasteiger partial charge in [0.15, 0.2) is 0 Å². The molecule has 0 saturated carbocycles. The Morgan fingerprint density at radius 1 is 1.45 bits per heavy atom. The van der Waals surface area contributed by atoms with Gasteiger partial charge in [-0.25, -0.2) is 0 Å². The molecule has 2 nitrogen and oxygen atoms in total. The first-order valence-corrected chi connectivity index (χ1v) is 4.18. The Bertz CT molecular complexity index is 84.8. The number of Topliss-reactive ketones (excluding diaryl/α,β-unsaturated/α-hetero) is 1. The van der Waals surface area contributed by atoms with Crippen LogP contribution in [-0.2, 0) is 4.79 Å². The molecule has 1 N–H and O–H groups in total. The van der Waals surface area contributed by atoms with Crippen LogP contribution < -0.4 is 0 Å². The predicted octanol–water partition coefficient (Wildman–Crippen LogP) is 2.15. The Kier molecular flexibility index (Phi) is 11.6. The molecule has 0 heterocycles. The Balaban J connectivity index is 0. The molecule has 0 rings (SSSR count). The zero-order valence-electron chi connectivity index (χ0n) is 8.05. The summed E-state index contributed by atoms with van der Waals surface area (Å²) in [7, 11) is 0. The summed E-state index contributed by atoms with van der Waals surface area (Å²) >= 11 is 0. The number of ketones is 1. The van der Waals surface area contributed by atoms with E-state index in [1.165, 1.54) is 0 Å². The highest BCUT2D eigenvalue weighted by Crippen LogP contribution is 1.92. The van der Waals surface area contributed by atoms with Crippen molar-refractivity contribution < 1.29 is 9.90 Å². The average Bonchev–Trinajstić information content (AvgIpc) is 1.82. The first kappa shape index (κ1) is 13.2. The third-order valence-electron chi connectivity index (χ3n) is 0.882. The van der Waals surface area contributed by atoms with Crippen molar-refractivity contribution in [3.05, 3.63) is 0 Å². The molecule has 11 heavy (non-hydrogen) atoms. The van der Waals surface area contributed by atoms with Crippen molar-refractivity contribution in [2.75, 3.05) is 0 Å². The zero-order valence-corrected chi connectivity index (χ0v) is 8.05. The highest BCUT2D eigenvalue weighted by molar-refractivity contribution is 5.75. The Hall–Kier alpha value is -0.370. The lowest BCUT2D eigenvalue weighted by atomic mass is 10.2. The van der Waals surface area contributed by atoms with Crippen LogP contribution in [0.4, 0.5) is 0 Å². The van der Waals surface area contributed by atoms with Crippen molar-refractivity contribution >= 4 is 5.78 Å². The van der Waals surface area contributed by atoms with E-state index in [0.29, 0.717) is 5.78 Å². The van der Waals surface area contributed by atoms with Gasteiger partial charge in [0.05, 0.1) is 0 Å². The smallest absolute Gasteiger partial charge is 0.129 e. The molecule has 0 aromatic rings. The van der Waals surface area contributed by atoms with Gasteiger partial charge >= 0.3 is 0 Å². The summed E-state index contributed by atoms with van der Waals surface area (Å²) in [5.74, 6) is 0.307. The number of aliphatic hydroxyl groups is 1. The van der Waals surface area contributed by atoms with Crippen molar-refractivity contribution in [1.82, 2.24) is 0 Å². The summed E-state index contributed by atoms with van der Waals surface area (Å²) in [6, 6.07) is 0. The van der Waals surface area contributed by atoms with Gasteiger partial charge in [0, 0.05) is 12.5 Å². The number of carbonyl (C=O) groups is 1. The number of hydrogen-bond acceptors (Lipinski definition) is 2. The monoisotopic (exact) mass is 160 g/mol. The predicted molar refractivity (Wildman–Crippen MR) is 47.6 cm³/mol. The van der Waals surface area contributed by atoms with Crippen LogP contribution in [0.25, 0.3) is 0 Å². The molecule has 0 saturated heterocycles. The fraction of sp³-hybridized carbons (Fsp3) is 0.889. The maximum Gasteiger partial charge on any atom is 0.129 e. The lowest BCUT2D eigenvalue weighted by molar-refractivity contribution is -0.117. The van der Waals surface area contributed by atoms with Crippen molar-refractivity contribution in [3.8, 4) is 0 Å². The molecule has 0 bridgehead atoms.